The molecule has 0 unspecified atom stereocenters. The second-order valence-electron chi connectivity index (χ2n) is 6.85. The molecular formula is C23H27N3O. The number of benzene rings is 2. The molecule has 0 radical (unpaired) electrons. The van der Waals surface area contributed by atoms with Crippen LogP contribution in [0.25, 0.3) is 0 Å². The molecular weight excluding hydrogens is 334 g/mol. The summed E-state index contributed by atoms with van der Waals surface area (Å²) in [4.78, 5) is 12.3. The van der Waals surface area contributed by atoms with Crippen LogP contribution in [0.1, 0.15) is 50.7 Å². The first-order valence-corrected chi connectivity index (χ1v) is 9.40. The van der Waals surface area contributed by atoms with Crippen molar-refractivity contribution in [3.8, 4) is 6.07 Å². The Morgan fingerprint density at radius 2 is 1.70 bits per heavy atom. The zero-order valence-corrected chi connectivity index (χ0v) is 16.3. The van der Waals surface area contributed by atoms with Gasteiger partial charge < -0.3 is 10.6 Å². The highest BCUT2D eigenvalue weighted by Gasteiger charge is 2.09. The molecule has 0 aliphatic carbocycles. The number of nitrogens with zero attached hydrogens (tertiary/aromatic N) is 1. The molecule has 0 saturated carbocycles. The summed E-state index contributed by atoms with van der Waals surface area (Å²) in [5, 5.41) is 15.1. The van der Waals surface area contributed by atoms with E-state index in [2.05, 4.69) is 31.4 Å². The van der Waals surface area contributed by atoms with Gasteiger partial charge in [-0.1, -0.05) is 51.5 Å². The van der Waals surface area contributed by atoms with Crippen LogP contribution in [-0.4, -0.2) is 5.91 Å². The SMILES string of the molecule is CCCCc1ccc(NC(=O)/C(C#N)=C\Nc2ccc(C(C)C)cc2)cc1. The quantitative estimate of drug-likeness (QED) is 0.474. The van der Waals surface area contributed by atoms with Crippen LogP contribution in [-0.2, 0) is 11.2 Å². The van der Waals surface area contributed by atoms with Gasteiger partial charge in [0.05, 0.1) is 0 Å². The fourth-order valence-electron chi connectivity index (χ4n) is 2.60. The van der Waals surface area contributed by atoms with Gasteiger partial charge in [-0.25, -0.2) is 0 Å². The maximum Gasteiger partial charge on any atom is 0.267 e. The van der Waals surface area contributed by atoms with Crippen molar-refractivity contribution in [2.75, 3.05) is 10.6 Å². The van der Waals surface area contributed by atoms with Gasteiger partial charge in [-0.3, -0.25) is 4.79 Å². The van der Waals surface area contributed by atoms with Crippen LogP contribution >= 0.6 is 0 Å². The first-order valence-electron chi connectivity index (χ1n) is 9.40. The van der Waals surface area contributed by atoms with E-state index in [4.69, 9.17) is 0 Å². The standard InChI is InChI=1S/C23H27N3O/c1-4-5-6-18-7-11-22(12-8-18)26-23(27)20(15-24)16-25-21-13-9-19(10-14-21)17(2)3/h7-14,16-17,25H,4-6H2,1-3H3,(H,26,27)/b20-16-. The van der Waals surface area contributed by atoms with E-state index in [0.717, 1.165) is 24.9 Å². The van der Waals surface area contributed by atoms with Gasteiger partial charge in [-0.2, -0.15) is 5.26 Å². The minimum absolute atomic E-state index is 0.0259. The second-order valence-corrected chi connectivity index (χ2v) is 6.85. The third kappa shape index (κ3) is 6.31. The van der Waals surface area contributed by atoms with Crippen molar-refractivity contribution in [2.24, 2.45) is 0 Å². The number of hydrogen-bond donors (Lipinski definition) is 2. The largest absolute Gasteiger partial charge is 0.360 e. The maximum absolute atomic E-state index is 12.3. The molecule has 1 amide bonds. The Bertz CT molecular complexity index is 812. The highest BCUT2D eigenvalue weighted by atomic mass is 16.1. The highest BCUT2D eigenvalue weighted by molar-refractivity contribution is 6.06. The van der Waals surface area contributed by atoms with Gasteiger partial charge in [0.15, 0.2) is 0 Å². The van der Waals surface area contributed by atoms with E-state index < -0.39 is 5.91 Å². The van der Waals surface area contributed by atoms with Crippen molar-refractivity contribution in [3.63, 3.8) is 0 Å². The molecule has 2 rings (SSSR count). The lowest BCUT2D eigenvalue weighted by molar-refractivity contribution is -0.112. The van der Waals surface area contributed by atoms with Crippen molar-refractivity contribution in [1.29, 1.82) is 5.26 Å². The number of rotatable bonds is 8. The third-order valence-electron chi connectivity index (χ3n) is 4.36. The predicted octanol–water partition coefficient (Wildman–Crippen LogP) is 5.61. The van der Waals surface area contributed by atoms with Gasteiger partial charge in [0, 0.05) is 17.6 Å². The number of nitrogens with one attached hydrogen (secondary N) is 2. The third-order valence-corrected chi connectivity index (χ3v) is 4.36. The summed E-state index contributed by atoms with van der Waals surface area (Å²) < 4.78 is 0. The predicted molar refractivity (Wildman–Crippen MR) is 112 cm³/mol. The van der Waals surface area contributed by atoms with Crippen LogP contribution in [0.5, 0.6) is 0 Å². The molecule has 140 valence electrons. The number of carbonyl (C=O) groups is 1. The summed E-state index contributed by atoms with van der Waals surface area (Å²) in [6, 6.07) is 17.7. The molecule has 4 nitrogen and oxygen atoms in total. The minimum Gasteiger partial charge on any atom is -0.360 e. The van der Waals surface area contributed by atoms with Crippen LogP contribution in [0.15, 0.2) is 60.3 Å². The number of unbranched alkanes of at least 4 members (excludes halogenated alkanes) is 1. The molecule has 27 heavy (non-hydrogen) atoms. The number of anilines is 2. The molecule has 0 aromatic heterocycles. The molecule has 0 saturated heterocycles. The van der Waals surface area contributed by atoms with Gasteiger partial charge in [-0.05, 0) is 54.2 Å². The van der Waals surface area contributed by atoms with E-state index in [1.165, 1.54) is 17.3 Å². The second kappa shape index (κ2) is 10.2. The first-order chi connectivity index (χ1) is 13.0. The molecule has 0 bridgehead atoms. The van der Waals surface area contributed by atoms with Crippen LogP contribution in [0, 0.1) is 11.3 Å². The summed E-state index contributed by atoms with van der Waals surface area (Å²) in [5.41, 5.74) is 4.03. The zero-order chi connectivity index (χ0) is 19.6. The molecule has 2 N–H and O–H groups in total. The van der Waals surface area contributed by atoms with Crippen molar-refractivity contribution < 1.29 is 4.79 Å². The van der Waals surface area contributed by atoms with E-state index in [9.17, 15) is 10.1 Å². The summed E-state index contributed by atoms with van der Waals surface area (Å²) in [5.74, 6) is 0.0357. The fraction of sp³-hybridized carbons (Fsp3) is 0.304. The molecule has 0 spiro atoms. The van der Waals surface area contributed by atoms with Gasteiger partial charge in [0.1, 0.15) is 11.6 Å². The molecule has 0 atom stereocenters. The minimum atomic E-state index is -0.426. The van der Waals surface area contributed by atoms with Crippen molar-refractivity contribution in [3.05, 3.63) is 71.4 Å². The van der Waals surface area contributed by atoms with Crippen molar-refractivity contribution in [2.45, 2.75) is 46.0 Å². The molecule has 0 fully saturated rings. The Kier molecular flexibility index (Phi) is 7.63. The van der Waals surface area contributed by atoms with Crippen molar-refractivity contribution >= 4 is 17.3 Å². The maximum atomic E-state index is 12.3. The lowest BCUT2D eigenvalue weighted by atomic mass is 10.0. The highest BCUT2D eigenvalue weighted by Crippen LogP contribution is 2.17. The Labute approximate surface area is 161 Å². The Hall–Kier alpha value is -3.06. The molecule has 0 heterocycles. The van der Waals surface area contributed by atoms with Crippen LogP contribution < -0.4 is 10.6 Å². The number of nitriles is 1. The summed E-state index contributed by atoms with van der Waals surface area (Å²) >= 11 is 0. The summed E-state index contributed by atoms with van der Waals surface area (Å²) in [7, 11) is 0. The number of hydrogen-bond acceptors (Lipinski definition) is 3. The van der Waals surface area contributed by atoms with E-state index in [1.807, 2.05) is 54.6 Å². The fourth-order valence-corrected chi connectivity index (χ4v) is 2.60. The smallest absolute Gasteiger partial charge is 0.267 e. The van der Waals surface area contributed by atoms with Gasteiger partial charge in [-0.15, -0.1) is 0 Å². The van der Waals surface area contributed by atoms with Crippen LogP contribution in [0.3, 0.4) is 0 Å². The lowest BCUT2D eigenvalue weighted by Gasteiger charge is -2.08. The summed E-state index contributed by atoms with van der Waals surface area (Å²) in [6.07, 6.45) is 4.78. The van der Waals surface area contributed by atoms with E-state index >= 15 is 0 Å². The van der Waals surface area contributed by atoms with E-state index in [0.29, 0.717) is 11.6 Å². The topological polar surface area (TPSA) is 64.9 Å². The lowest BCUT2D eigenvalue weighted by Crippen LogP contribution is -2.14. The van der Waals surface area contributed by atoms with E-state index in [1.54, 1.807) is 0 Å². The first kappa shape index (κ1) is 20.3. The Morgan fingerprint density at radius 1 is 1.07 bits per heavy atom. The number of aryl methyl sites for hydroxylation is 1. The number of amides is 1. The average molecular weight is 361 g/mol. The monoisotopic (exact) mass is 361 g/mol. The zero-order valence-electron chi connectivity index (χ0n) is 16.3. The molecule has 0 aliphatic heterocycles. The summed E-state index contributed by atoms with van der Waals surface area (Å²) in [6.45, 7) is 6.44. The molecule has 0 aliphatic rings. The normalized spacial score (nSPS) is 11.1. The van der Waals surface area contributed by atoms with Gasteiger partial charge in [0.2, 0.25) is 0 Å². The van der Waals surface area contributed by atoms with E-state index in [-0.39, 0.29) is 5.57 Å². The molecule has 2 aromatic carbocycles. The Morgan fingerprint density at radius 3 is 2.26 bits per heavy atom. The van der Waals surface area contributed by atoms with Gasteiger partial charge >= 0.3 is 0 Å². The molecule has 4 heteroatoms. The van der Waals surface area contributed by atoms with Crippen LogP contribution in [0.2, 0.25) is 0 Å². The number of carbonyl (C=O) groups excluding carboxylic acids is 1. The molecule has 2 aromatic rings. The van der Waals surface area contributed by atoms with Gasteiger partial charge in [0.25, 0.3) is 5.91 Å². The van der Waals surface area contributed by atoms with Crippen molar-refractivity contribution in [1.82, 2.24) is 0 Å². The van der Waals surface area contributed by atoms with Crippen LogP contribution in [0.4, 0.5) is 11.4 Å². The average Bonchev–Trinajstić information content (AvgIpc) is 2.68. The Balaban J connectivity index is 1.98.